The van der Waals surface area contributed by atoms with E-state index in [9.17, 15) is 9.90 Å². The summed E-state index contributed by atoms with van der Waals surface area (Å²) in [5.74, 6) is 2.73. The van der Waals surface area contributed by atoms with Crippen molar-refractivity contribution in [3.8, 4) is 0 Å². The van der Waals surface area contributed by atoms with Gasteiger partial charge in [0.2, 0.25) is 8.32 Å². The minimum Gasteiger partial charge on any atom is -0.410 e. The third kappa shape index (κ3) is 3.40. The SMILES string of the molecule is C[C@]12CC[C@@H](O)C[C@H]1[C@H](O[Si](C)(C)c1ccccc1)C[C@@H]1[C@@H]2CC[C@]2(C)C(=O)CC[C@@H]12. The van der Waals surface area contributed by atoms with Crippen molar-refractivity contribution < 1.29 is 14.3 Å². The summed E-state index contributed by atoms with van der Waals surface area (Å²) in [6.45, 7) is 9.43. The Labute approximate surface area is 189 Å². The molecule has 5 rings (SSSR count). The summed E-state index contributed by atoms with van der Waals surface area (Å²) < 4.78 is 7.15. The topological polar surface area (TPSA) is 46.5 Å². The van der Waals surface area contributed by atoms with Gasteiger partial charge in [0.25, 0.3) is 0 Å². The number of Topliss-reactive ketones (excluding diaryl/α,β-unsaturated/α-hetero) is 1. The lowest BCUT2D eigenvalue weighted by Crippen LogP contribution is -2.61. The third-order valence-corrected chi connectivity index (χ3v) is 12.9. The van der Waals surface area contributed by atoms with Crippen molar-refractivity contribution in [3.63, 3.8) is 0 Å². The molecule has 0 aliphatic heterocycles. The van der Waals surface area contributed by atoms with Crippen molar-refractivity contribution in [2.75, 3.05) is 0 Å². The van der Waals surface area contributed by atoms with E-state index in [1.165, 1.54) is 11.6 Å². The van der Waals surface area contributed by atoms with Crippen LogP contribution in [0.1, 0.15) is 65.2 Å². The number of fused-ring (bicyclic) bond motifs is 5. The highest BCUT2D eigenvalue weighted by atomic mass is 28.4. The summed E-state index contributed by atoms with van der Waals surface area (Å²) in [5.41, 5.74) is 0.121. The smallest absolute Gasteiger partial charge is 0.218 e. The molecule has 4 heteroatoms. The summed E-state index contributed by atoms with van der Waals surface area (Å²) in [6, 6.07) is 10.8. The van der Waals surface area contributed by atoms with Gasteiger partial charge in [0.1, 0.15) is 5.78 Å². The second-order valence-electron chi connectivity index (χ2n) is 12.1. The van der Waals surface area contributed by atoms with Crippen molar-refractivity contribution in [3.05, 3.63) is 30.3 Å². The van der Waals surface area contributed by atoms with E-state index in [0.29, 0.717) is 29.5 Å². The van der Waals surface area contributed by atoms with E-state index in [-0.39, 0.29) is 23.0 Å². The first-order chi connectivity index (χ1) is 14.6. The molecule has 4 aliphatic rings. The largest absolute Gasteiger partial charge is 0.410 e. The average molecular weight is 441 g/mol. The lowest BCUT2D eigenvalue weighted by molar-refractivity contribution is -0.166. The van der Waals surface area contributed by atoms with E-state index in [1.54, 1.807) is 0 Å². The van der Waals surface area contributed by atoms with Gasteiger partial charge in [-0.05, 0) is 92.3 Å². The van der Waals surface area contributed by atoms with Crippen LogP contribution >= 0.6 is 0 Å². The Hall–Kier alpha value is -0.973. The molecule has 0 bridgehead atoms. The molecule has 4 fully saturated rings. The van der Waals surface area contributed by atoms with Gasteiger partial charge in [0.15, 0.2) is 0 Å². The van der Waals surface area contributed by atoms with E-state index < -0.39 is 8.32 Å². The van der Waals surface area contributed by atoms with Crippen LogP contribution in [0.5, 0.6) is 0 Å². The molecule has 0 aromatic heterocycles. The van der Waals surface area contributed by atoms with Gasteiger partial charge in [-0.3, -0.25) is 4.79 Å². The summed E-state index contributed by atoms with van der Waals surface area (Å²) in [4.78, 5) is 12.8. The molecule has 3 nitrogen and oxygen atoms in total. The quantitative estimate of drug-likeness (QED) is 0.668. The van der Waals surface area contributed by atoms with Gasteiger partial charge in [-0.25, -0.2) is 0 Å². The number of rotatable bonds is 3. The molecule has 4 saturated carbocycles. The molecule has 0 saturated heterocycles. The number of ketones is 1. The number of hydrogen-bond donors (Lipinski definition) is 1. The summed E-state index contributed by atoms with van der Waals surface area (Å²) >= 11 is 0. The van der Waals surface area contributed by atoms with Crippen LogP contribution in [0.15, 0.2) is 30.3 Å². The Morgan fingerprint density at radius 2 is 1.71 bits per heavy atom. The number of benzene rings is 1. The molecule has 0 heterocycles. The Balaban J connectivity index is 1.49. The zero-order valence-corrected chi connectivity index (χ0v) is 20.8. The molecule has 0 spiro atoms. The van der Waals surface area contributed by atoms with Gasteiger partial charge in [-0.1, -0.05) is 44.2 Å². The maximum absolute atomic E-state index is 12.8. The van der Waals surface area contributed by atoms with Crippen LogP contribution in [0.4, 0.5) is 0 Å². The second-order valence-corrected chi connectivity index (χ2v) is 15.9. The molecule has 0 radical (unpaired) electrons. The monoisotopic (exact) mass is 440 g/mol. The average Bonchev–Trinajstić information content (AvgIpc) is 3.05. The molecule has 1 aromatic carbocycles. The first kappa shape index (κ1) is 21.9. The highest BCUT2D eigenvalue weighted by Crippen LogP contribution is 2.66. The summed E-state index contributed by atoms with van der Waals surface area (Å²) in [5, 5.41) is 12.0. The van der Waals surface area contributed by atoms with Gasteiger partial charge in [-0.15, -0.1) is 0 Å². The fourth-order valence-electron chi connectivity index (χ4n) is 8.43. The van der Waals surface area contributed by atoms with E-state index >= 15 is 0 Å². The standard InChI is InChI=1S/C27H40O3Si/c1-26-14-12-18(28)16-23(26)24(30-31(3,4)19-8-6-5-7-9-19)17-20-21-10-11-25(29)27(21,2)15-13-22(20)26/h5-9,18,20-24,28H,10-17H2,1-4H3/t18-,20+,21+,22+,23+,24-,26-,27+/m1/s1. The van der Waals surface area contributed by atoms with Crippen LogP contribution in [-0.4, -0.2) is 31.4 Å². The van der Waals surface area contributed by atoms with E-state index in [0.717, 1.165) is 44.9 Å². The predicted octanol–water partition coefficient (Wildman–Crippen LogP) is 5.07. The first-order valence-corrected chi connectivity index (χ1v) is 15.5. The fraction of sp³-hybridized carbons (Fsp3) is 0.741. The molecule has 170 valence electrons. The minimum absolute atomic E-state index is 0.102. The normalized spacial score (nSPS) is 45.0. The van der Waals surface area contributed by atoms with E-state index in [4.69, 9.17) is 4.43 Å². The maximum Gasteiger partial charge on any atom is 0.218 e. The Kier molecular flexibility index (Phi) is 5.31. The molecule has 0 amide bonds. The fourth-order valence-corrected chi connectivity index (χ4v) is 10.6. The van der Waals surface area contributed by atoms with Crippen LogP contribution in [0.25, 0.3) is 0 Å². The molecule has 1 aromatic rings. The summed E-state index contributed by atoms with van der Waals surface area (Å²) in [7, 11) is -2.07. The molecule has 31 heavy (non-hydrogen) atoms. The number of carbonyl (C=O) groups is 1. The van der Waals surface area contributed by atoms with Crippen molar-refractivity contribution in [1.82, 2.24) is 0 Å². The molecule has 8 atom stereocenters. The van der Waals surface area contributed by atoms with Gasteiger partial charge < -0.3 is 9.53 Å². The van der Waals surface area contributed by atoms with E-state index in [2.05, 4.69) is 57.3 Å². The highest BCUT2D eigenvalue weighted by Gasteiger charge is 2.62. The number of hydrogen-bond acceptors (Lipinski definition) is 3. The van der Waals surface area contributed by atoms with Gasteiger partial charge in [0.05, 0.1) is 6.10 Å². The Bertz CT molecular complexity index is 838. The number of carbonyl (C=O) groups excluding carboxylic acids is 1. The number of aliphatic hydroxyl groups is 1. The van der Waals surface area contributed by atoms with Crippen LogP contribution in [0.3, 0.4) is 0 Å². The molecule has 0 unspecified atom stereocenters. The van der Waals surface area contributed by atoms with Crippen molar-refractivity contribution >= 4 is 19.3 Å². The lowest BCUT2D eigenvalue weighted by atomic mass is 9.44. The van der Waals surface area contributed by atoms with Gasteiger partial charge >= 0.3 is 0 Å². The minimum atomic E-state index is -2.07. The zero-order chi connectivity index (χ0) is 22.0. The van der Waals surface area contributed by atoms with Crippen molar-refractivity contribution in [2.45, 2.75) is 90.5 Å². The van der Waals surface area contributed by atoms with Gasteiger partial charge in [-0.2, -0.15) is 0 Å². The molecular formula is C27H40O3Si. The molecule has 1 N–H and O–H groups in total. The molecular weight excluding hydrogens is 400 g/mol. The van der Waals surface area contributed by atoms with Gasteiger partial charge in [0, 0.05) is 17.9 Å². The highest BCUT2D eigenvalue weighted by molar-refractivity contribution is 6.84. The Morgan fingerprint density at radius 1 is 0.968 bits per heavy atom. The lowest BCUT2D eigenvalue weighted by Gasteiger charge is -2.62. The third-order valence-electron chi connectivity index (χ3n) is 10.3. The van der Waals surface area contributed by atoms with Crippen LogP contribution in [0, 0.1) is 34.5 Å². The predicted molar refractivity (Wildman–Crippen MR) is 127 cm³/mol. The van der Waals surface area contributed by atoms with Crippen LogP contribution < -0.4 is 5.19 Å². The first-order valence-electron chi connectivity index (χ1n) is 12.6. The summed E-state index contributed by atoms with van der Waals surface area (Å²) in [6.07, 6.45) is 8.08. The maximum atomic E-state index is 12.8. The Morgan fingerprint density at radius 3 is 2.45 bits per heavy atom. The number of aliphatic hydroxyl groups excluding tert-OH is 1. The van der Waals surface area contributed by atoms with Crippen molar-refractivity contribution in [2.24, 2.45) is 34.5 Å². The van der Waals surface area contributed by atoms with Crippen LogP contribution in [0.2, 0.25) is 13.1 Å². The second kappa shape index (κ2) is 7.53. The zero-order valence-electron chi connectivity index (χ0n) is 19.8. The van der Waals surface area contributed by atoms with Crippen LogP contribution in [-0.2, 0) is 9.22 Å². The van der Waals surface area contributed by atoms with Crippen molar-refractivity contribution in [1.29, 1.82) is 0 Å². The van der Waals surface area contributed by atoms with E-state index in [1.807, 2.05) is 0 Å². The molecule has 4 aliphatic carbocycles.